The Labute approximate surface area is 120 Å². The van der Waals surface area contributed by atoms with E-state index in [0.29, 0.717) is 19.4 Å². The number of carbonyl (C=O) groups is 2. The molecule has 0 bridgehead atoms. The van der Waals surface area contributed by atoms with Crippen molar-refractivity contribution in [2.45, 2.75) is 76.3 Å². The first-order valence-electron chi connectivity index (χ1n) is 7.91. The van der Waals surface area contributed by atoms with Crippen molar-refractivity contribution < 1.29 is 14.7 Å². The number of nitrogens with one attached hydrogen (secondary N) is 1. The Hall–Kier alpha value is -1.26. The lowest BCUT2D eigenvalue weighted by Gasteiger charge is -2.36. The van der Waals surface area contributed by atoms with Gasteiger partial charge in [-0.25, -0.2) is 9.59 Å². The molecule has 2 N–H and O–H groups in total. The molecule has 2 aliphatic rings. The van der Waals surface area contributed by atoms with Crippen molar-refractivity contribution >= 4 is 12.0 Å². The molecule has 1 heterocycles. The Morgan fingerprint density at radius 1 is 1.25 bits per heavy atom. The monoisotopic (exact) mass is 282 g/mol. The van der Waals surface area contributed by atoms with Gasteiger partial charge in [0.25, 0.3) is 0 Å². The van der Waals surface area contributed by atoms with E-state index in [4.69, 9.17) is 0 Å². The van der Waals surface area contributed by atoms with Crippen molar-refractivity contribution in [3.63, 3.8) is 0 Å². The van der Waals surface area contributed by atoms with Crippen LogP contribution in [0.5, 0.6) is 0 Å². The highest BCUT2D eigenvalue weighted by Gasteiger charge is 2.49. The van der Waals surface area contributed by atoms with Crippen molar-refractivity contribution in [1.82, 2.24) is 10.2 Å². The lowest BCUT2D eigenvalue weighted by Crippen LogP contribution is -2.57. The molecule has 0 aromatic heterocycles. The lowest BCUT2D eigenvalue weighted by molar-refractivity contribution is -0.148. The summed E-state index contributed by atoms with van der Waals surface area (Å²) in [5.41, 5.74) is -0.979. The molecule has 0 radical (unpaired) electrons. The zero-order valence-electron chi connectivity index (χ0n) is 12.4. The number of rotatable bonds is 4. The minimum Gasteiger partial charge on any atom is -0.479 e. The summed E-state index contributed by atoms with van der Waals surface area (Å²) in [6.45, 7) is 2.53. The minimum absolute atomic E-state index is 0.176. The predicted octanol–water partition coefficient (Wildman–Crippen LogP) is 2.75. The summed E-state index contributed by atoms with van der Waals surface area (Å²) in [7, 11) is 0. The van der Waals surface area contributed by atoms with Gasteiger partial charge in [-0.2, -0.15) is 0 Å². The quantitative estimate of drug-likeness (QED) is 0.833. The normalized spacial score (nSPS) is 27.6. The summed E-state index contributed by atoms with van der Waals surface area (Å²) < 4.78 is 0. The first-order chi connectivity index (χ1) is 9.60. The van der Waals surface area contributed by atoms with Gasteiger partial charge in [0.2, 0.25) is 0 Å². The van der Waals surface area contributed by atoms with E-state index in [1.807, 2.05) is 6.92 Å². The van der Waals surface area contributed by atoms with Crippen LogP contribution < -0.4 is 5.32 Å². The maximum atomic E-state index is 12.5. The molecule has 2 fully saturated rings. The van der Waals surface area contributed by atoms with Crippen LogP contribution >= 0.6 is 0 Å². The van der Waals surface area contributed by atoms with Crippen LogP contribution in [0.3, 0.4) is 0 Å². The highest BCUT2D eigenvalue weighted by atomic mass is 16.4. The first-order valence-corrected chi connectivity index (χ1v) is 7.91. The molecule has 114 valence electrons. The van der Waals surface area contributed by atoms with Crippen LogP contribution in [0.15, 0.2) is 0 Å². The van der Waals surface area contributed by atoms with Gasteiger partial charge in [0.05, 0.1) is 0 Å². The van der Waals surface area contributed by atoms with Gasteiger partial charge in [0, 0.05) is 12.6 Å². The molecular formula is C15H26N2O3. The molecule has 1 saturated carbocycles. The van der Waals surface area contributed by atoms with Gasteiger partial charge in [0.15, 0.2) is 0 Å². The molecule has 2 rings (SSSR count). The molecular weight excluding hydrogens is 256 g/mol. The van der Waals surface area contributed by atoms with Gasteiger partial charge in [-0.05, 0) is 32.1 Å². The topological polar surface area (TPSA) is 69.6 Å². The predicted molar refractivity (Wildman–Crippen MR) is 76.6 cm³/mol. The Morgan fingerprint density at radius 3 is 2.55 bits per heavy atom. The molecule has 0 aromatic carbocycles. The van der Waals surface area contributed by atoms with Crippen LogP contribution in [0.1, 0.15) is 64.7 Å². The first kappa shape index (κ1) is 15.1. The molecule has 2 amide bonds. The number of hydrogen-bond acceptors (Lipinski definition) is 2. The number of carbonyl (C=O) groups excluding carboxylic acids is 1. The molecule has 1 unspecified atom stereocenters. The Bertz CT molecular complexity index is 366. The molecule has 1 aliphatic carbocycles. The van der Waals surface area contributed by atoms with E-state index >= 15 is 0 Å². The smallest absolute Gasteiger partial charge is 0.329 e. The number of likely N-dealkylation sites (tertiary alicyclic amines) is 1. The number of nitrogens with zero attached hydrogens (tertiary/aromatic N) is 1. The molecule has 1 atom stereocenters. The molecule has 0 aromatic rings. The van der Waals surface area contributed by atoms with E-state index in [-0.39, 0.29) is 12.1 Å². The molecule has 5 heteroatoms. The Balaban J connectivity index is 2.04. The number of aliphatic carboxylic acids is 1. The van der Waals surface area contributed by atoms with Gasteiger partial charge in [-0.15, -0.1) is 0 Å². The highest BCUT2D eigenvalue weighted by molar-refractivity contribution is 5.87. The van der Waals surface area contributed by atoms with E-state index in [1.165, 1.54) is 6.42 Å². The van der Waals surface area contributed by atoms with Crippen molar-refractivity contribution in [2.75, 3.05) is 6.54 Å². The van der Waals surface area contributed by atoms with Gasteiger partial charge in [0.1, 0.15) is 5.54 Å². The number of carboxylic acid groups (broad SMARTS) is 1. The number of amides is 2. The van der Waals surface area contributed by atoms with E-state index < -0.39 is 11.5 Å². The summed E-state index contributed by atoms with van der Waals surface area (Å²) in [6.07, 6.45) is 8.28. The average molecular weight is 282 g/mol. The van der Waals surface area contributed by atoms with E-state index in [9.17, 15) is 14.7 Å². The Morgan fingerprint density at radius 2 is 1.95 bits per heavy atom. The Kier molecular flexibility index (Phi) is 4.89. The second kappa shape index (κ2) is 6.46. The van der Waals surface area contributed by atoms with Crippen molar-refractivity contribution in [1.29, 1.82) is 0 Å². The maximum absolute atomic E-state index is 12.5. The van der Waals surface area contributed by atoms with Crippen molar-refractivity contribution in [3.05, 3.63) is 0 Å². The van der Waals surface area contributed by atoms with Gasteiger partial charge in [-0.1, -0.05) is 32.6 Å². The maximum Gasteiger partial charge on any atom is 0.329 e. The second-order valence-electron chi connectivity index (χ2n) is 6.13. The second-order valence-corrected chi connectivity index (χ2v) is 6.13. The molecule has 5 nitrogen and oxygen atoms in total. The van der Waals surface area contributed by atoms with Gasteiger partial charge >= 0.3 is 12.0 Å². The summed E-state index contributed by atoms with van der Waals surface area (Å²) in [6, 6.07) is 0.0511. The fourth-order valence-electron chi connectivity index (χ4n) is 3.68. The SMILES string of the molecule is CCCC1(C(=O)O)CCCN1C(=O)NC1CCCCC1. The third-order valence-corrected chi connectivity index (χ3v) is 4.73. The summed E-state index contributed by atoms with van der Waals surface area (Å²) in [5, 5.41) is 12.7. The summed E-state index contributed by atoms with van der Waals surface area (Å²) in [4.78, 5) is 25.7. The number of hydrogen-bond donors (Lipinski definition) is 2. The largest absolute Gasteiger partial charge is 0.479 e. The highest BCUT2D eigenvalue weighted by Crippen LogP contribution is 2.34. The van der Waals surface area contributed by atoms with E-state index in [2.05, 4.69) is 5.32 Å². The van der Waals surface area contributed by atoms with E-state index in [0.717, 1.165) is 38.5 Å². The van der Waals surface area contributed by atoms with Crippen LogP contribution in [0, 0.1) is 0 Å². The zero-order chi connectivity index (χ0) is 14.6. The van der Waals surface area contributed by atoms with Crippen LogP contribution in [-0.4, -0.2) is 40.1 Å². The minimum atomic E-state index is -0.979. The third kappa shape index (κ3) is 2.91. The fourth-order valence-corrected chi connectivity index (χ4v) is 3.68. The van der Waals surface area contributed by atoms with Crippen LogP contribution in [-0.2, 0) is 4.79 Å². The van der Waals surface area contributed by atoms with E-state index in [1.54, 1.807) is 4.90 Å². The number of urea groups is 1. The lowest BCUT2D eigenvalue weighted by atomic mass is 9.90. The summed E-state index contributed by atoms with van der Waals surface area (Å²) >= 11 is 0. The van der Waals surface area contributed by atoms with Crippen LogP contribution in [0.25, 0.3) is 0 Å². The molecule has 1 aliphatic heterocycles. The fraction of sp³-hybridized carbons (Fsp3) is 0.867. The standard InChI is InChI=1S/C15H26N2O3/c1-2-9-15(13(18)19)10-6-11-17(15)14(20)16-12-7-4-3-5-8-12/h12H,2-11H2,1H3,(H,16,20)(H,18,19). The third-order valence-electron chi connectivity index (χ3n) is 4.73. The van der Waals surface area contributed by atoms with Crippen molar-refractivity contribution in [2.24, 2.45) is 0 Å². The summed E-state index contributed by atoms with van der Waals surface area (Å²) in [5.74, 6) is -0.851. The molecule has 0 spiro atoms. The van der Waals surface area contributed by atoms with Crippen molar-refractivity contribution in [3.8, 4) is 0 Å². The zero-order valence-corrected chi connectivity index (χ0v) is 12.4. The average Bonchev–Trinajstić information content (AvgIpc) is 2.85. The number of carboxylic acids is 1. The van der Waals surface area contributed by atoms with Gasteiger partial charge < -0.3 is 15.3 Å². The van der Waals surface area contributed by atoms with Crippen LogP contribution in [0.2, 0.25) is 0 Å². The van der Waals surface area contributed by atoms with Gasteiger partial charge in [-0.3, -0.25) is 0 Å². The van der Waals surface area contributed by atoms with Crippen LogP contribution in [0.4, 0.5) is 4.79 Å². The molecule has 1 saturated heterocycles. The molecule has 20 heavy (non-hydrogen) atoms.